The summed E-state index contributed by atoms with van der Waals surface area (Å²) in [5, 5.41) is 10.0. The summed E-state index contributed by atoms with van der Waals surface area (Å²) in [6.45, 7) is 16.7. The number of aliphatic hydroxyl groups is 1. The summed E-state index contributed by atoms with van der Waals surface area (Å²) >= 11 is 1.65. The van der Waals surface area contributed by atoms with Crippen LogP contribution in [0.5, 0.6) is 0 Å². The lowest BCUT2D eigenvalue weighted by atomic mass is 9.65. The maximum Gasteiger partial charge on any atom is 0.251 e. The van der Waals surface area contributed by atoms with E-state index < -0.39 is 22.6 Å². The minimum Gasteiger partial charge on any atom is -0.395 e. The van der Waals surface area contributed by atoms with Crippen molar-refractivity contribution in [1.29, 1.82) is 0 Å². The third kappa shape index (κ3) is 5.69. The Morgan fingerprint density at radius 1 is 1.00 bits per heavy atom. The van der Waals surface area contributed by atoms with Gasteiger partial charge in [0.05, 0.1) is 23.2 Å². The zero-order valence-electron chi connectivity index (χ0n) is 26.7. The van der Waals surface area contributed by atoms with Crippen LogP contribution >= 0.6 is 11.8 Å². The number of benzene rings is 2. The van der Waals surface area contributed by atoms with Gasteiger partial charge in [0.15, 0.2) is 0 Å². The molecule has 1 spiro atoms. The molecule has 0 aliphatic carbocycles. The van der Waals surface area contributed by atoms with Crippen LogP contribution in [0.2, 0.25) is 0 Å². The molecule has 6 atom stereocenters. The maximum absolute atomic E-state index is 14.8. The minimum atomic E-state index is -0.811. The van der Waals surface area contributed by atoms with Crippen LogP contribution < -0.4 is 9.80 Å². The van der Waals surface area contributed by atoms with Gasteiger partial charge in [-0.3, -0.25) is 14.4 Å². The van der Waals surface area contributed by atoms with E-state index in [0.717, 1.165) is 36.4 Å². The number of hydrogen-bond donors (Lipinski definition) is 1. The molecule has 2 aromatic rings. The molecule has 2 bridgehead atoms. The Bertz CT molecular complexity index is 1400. The Hall–Kier alpha value is -3.56. The van der Waals surface area contributed by atoms with Crippen molar-refractivity contribution in [3.63, 3.8) is 0 Å². The topological polar surface area (TPSA) is 84.4 Å². The van der Waals surface area contributed by atoms with Gasteiger partial charge >= 0.3 is 0 Å². The molecule has 0 saturated carbocycles. The van der Waals surface area contributed by atoms with Crippen molar-refractivity contribution in [2.24, 2.45) is 17.8 Å². The average Bonchev–Trinajstić information content (AvgIpc) is 3.64. The van der Waals surface area contributed by atoms with E-state index in [2.05, 4.69) is 38.8 Å². The molecular weight excluding hydrogens is 584 g/mol. The molecule has 240 valence electrons. The normalized spacial score (nSPS) is 26.4. The predicted molar refractivity (Wildman–Crippen MR) is 182 cm³/mol. The van der Waals surface area contributed by atoms with Gasteiger partial charge in [-0.25, -0.2) is 0 Å². The van der Waals surface area contributed by atoms with E-state index in [-0.39, 0.29) is 48.6 Å². The molecule has 3 saturated heterocycles. The van der Waals surface area contributed by atoms with E-state index in [0.29, 0.717) is 13.1 Å². The zero-order chi connectivity index (χ0) is 32.3. The van der Waals surface area contributed by atoms with Crippen molar-refractivity contribution in [2.45, 2.75) is 49.8 Å². The number of thioether (sulfide) groups is 1. The van der Waals surface area contributed by atoms with Crippen LogP contribution in [-0.2, 0) is 20.9 Å². The monoisotopic (exact) mass is 630 g/mol. The van der Waals surface area contributed by atoms with Crippen molar-refractivity contribution in [1.82, 2.24) is 9.80 Å². The number of amides is 3. The van der Waals surface area contributed by atoms with Gasteiger partial charge in [-0.15, -0.1) is 24.9 Å². The van der Waals surface area contributed by atoms with Crippen molar-refractivity contribution in [2.75, 3.05) is 49.1 Å². The molecule has 2 aromatic carbocycles. The number of nitrogens with zero attached hydrogens (tertiary/aromatic N) is 4. The first kappa shape index (κ1) is 32.8. The highest BCUT2D eigenvalue weighted by Crippen LogP contribution is 2.69. The standard InChI is InChI=1S/C36H46N4O4S/c1-6-19-38(24-26-13-11-10-12-14-26)33(42)30-29-23-25(5)36(45-29)31(30)34(43)40(21-22-41)32(36)35(44)39(20-7-2)28-17-15-27(16-18-28)37(8-3)9-4/h6-7,10-18,25,29-32,41H,1-2,8-9,19-24H2,3-5H3/t25?,29-,30+,31-,32?,36?/m0/s1. The number of rotatable bonds is 14. The average molecular weight is 631 g/mol. The van der Waals surface area contributed by atoms with Crippen LogP contribution in [0.4, 0.5) is 11.4 Å². The van der Waals surface area contributed by atoms with Crippen LogP contribution in [0.25, 0.3) is 0 Å². The molecule has 1 N–H and O–H groups in total. The summed E-state index contributed by atoms with van der Waals surface area (Å²) in [7, 11) is 0. The fourth-order valence-electron chi connectivity index (χ4n) is 7.86. The number of hydrogen-bond acceptors (Lipinski definition) is 6. The summed E-state index contributed by atoms with van der Waals surface area (Å²) in [4.78, 5) is 50.9. The largest absolute Gasteiger partial charge is 0.395 e. The number of anilines is 2. The van der Waals surface area contributed by atoms with Gasteiger partial charge in [-0.2, -0.15) is 0 Å². The summed E-state index contributed by atoms with van der Waals surface area (Å²) in [6.07, 6.45) is 4.16. The maximum atomic E-state index is 14.8. The Labute approximate surface area is 271 Å². The van der Waals surface area contributed by atoms with Gasteiger partial charge in [-0.05, 0) is 56.0 Å². The number of β-amino-alcohol motifs (C(OH)–C–C–N with tert-alkyl or cyclic N) is 1. The summed E-state index contributed by atoms with van der Waals surface area (Å²) < 4.78 is -0.776. The van der Waals surface area contributed by atoms with Gasteiger partial charge in [0, 0.05) is 55.9 Å². The molecule has 45 heavy (non-hydrogen) atoms. The fraction of sp³-hybridized carbons (Fsp3) is 0.472. The highest BCUT2D eigenvalue weighted by Gasteiger charge is 2.76. The zero-order valence-corrected chi connectivity index (χ0v) is 27.5. The Morgan fingerprint density at radius 2 is 1.64 bits per heavy atom. The summed E-state index contributed by atoms with van der Waals surface area (Å²) in [6, 6.07) is 16.9. The smallest absolute Gasteiger partial charge is 0.251 e. The molecule has 3 aliphatic heterocycles. The molecule has 3 fully saturated rings. The lowest BCUT2D eigenvalue weighted by Gasteiger charge is -2.41. The second-order valence-electron chi connectivity index (χ2n) is 12.2. The van der Waals surface area contributed by atoms with Crippen molar-refractivity contribution < 1.29 is 19.5 Å². The molecule has 9 heteroatoms. The second-order valence-corrected chi connectivity index (χ2v) is 13.8. The lowest BCUT2D eigenvalue weighted by Crippen LogP contribution is -2.58. The molecule has 3 aliphatic rings. The number of aliphatic hydroxyl groups excluding tert-OH is 1. The SMILES string of the molecule is C=CCN(Cc1ccccc1)C(=O)[C@@H]1[C@@H]2CC(C)C3(S2)C(C(=O)N(CC=C)c2ccc(N(CC)CC)cc2)N(CCO)C(=O)[C@H]13. The number of fused-ring (bicyclic) bond motifs is 1. The third-order valence-corrected chi connectivity index (χ3v) is 11.9. The van der Waals surface area contributed by atoms with Crippen molar-refractivity contribution in [3.05, 3.63) is 85.5 Å². The van der Waals surface area contributed by atoms with Crippen LogP contribution in [-0.4, -0.2) is 88.0 Å². The van der Waals surface area contributed by atoms with E-state index in [9.17, 15) is 19.5 Å². The number of carbonyl (C=O) groups excluding carboxylic acids is 3. The van der Waals surface area contributed by atoms with E-state index >= 15 is 0 Å². The Morgan fingerprint density at radius 3 is 2.24 bits per heavy atom. The van der Waals surface area contributed by atoms with Crippen LogP contribution in [0, 0.1) is 17.8 Å². The van der Waals surface area contributed by atoms with E-state index in [1.165, 1.54) is 0 Å². The lowest BCUT2D eigenvalue weighted by molar-refractivity contribution is -0.144. The highest BCUT2D eigenvalue weighted by atomic mass is 32.2. The molecule has 5 rings (SSSR count). The van der Waals surface area contributed by atoms with Crippen LogP contribution in [0.3, 0.4) is 0 Å². The van der Waals surface area contributed by atoms with Gasteiger partial charge in [0.2, 0.25) is 11.8 Å². The highest BCUT2D eigenvalue weighted by molar-refractivity contribution is 8.02. The van der Waals surface area contributed by atoms with Gasteiger partial charge < -0.3 is 24.7 Å². The van der Waals surface area contributed by atoms with Crippen molar-refractivity contribution in [3.8, 4) is 0 Å². The van der Waals surface area contributed by atoms with Crippen molar-refractivity contribution >= 4 is 40.9 Å². The van der Waals surface area contributed by atoms with Crippen LogP contribution in [0.1, 0.15) is 32.8 Å². The van der Waals surface area contributed by atoms with E-state index in [1.54, 1.807) is 38.6 Å². The molecular formula is C36H46N4O4S. The predicted octanol–water partition coefficient (Wildman–Crippen LogP) is 4.60. The quantitative estimate of drug-likeness (QED) is 0.308. The van der Waals surface area contributed by atoms with E-state index in [4.69, 9.17) is 0 Å². The first-order valence-electron chi connectivity index (χ1n) is 16.1. The number of likely N-dealkylation sites (tertiary alicyclic amines) is 1. The van der Waals surface area contributed by atoms with E-state index in [1.807, 2.05) is 54.6 Å². The molecule has 3 heterocycles. The van der Waals surface area contributed by atoms with Gasteiger partial charge in [0.25, 0.3) is 5.91 Å². The van der Waals surface area contributed by atoms with Gasteiger partial charge in [0.1, 0.15) is 6.04 Å². The molecule has 0 aromatic heterocycles. The second kappa shape index (κ2) is 13.8. The summed E-state index contributed by atoms with van der Waals surface area (Å²) in [5.74, 6) is -1.66. The van der Waals surface area contributed by atoms with Crippen LogP contribution in [0.15, 0.2) is 79.9 Å². The third-order valence-electron chi connectivity index (χ3n) is 9.85. The molecule has 3 amide bonds. The fourth-order valence-corrected chi connectivity index (χ4v) is 10.3. The first-order valence-corrected chi connectivity index (χ1v) is 16.9. The van der Waals surface area contributed by atoms with Gasteiger partial charge in [-0.1, -0.05) is 49.4 Å². The molecule has 8 nitrogen and oxygen atoms in total. The first-order chi connectivity index (χ1) is 21.8. The summed E-state index contributed by atoms with van der Waals surface area (Å²) in [5.41, 5.74) is 2.81. The number of carbonyl (C=O) groups is 3. The minimum absolute atomic E-state index is 0.0285. The molecule has 3 unspecified atom stereocenters. The molecule has 0 radical (unpaired) electrons. The Kier molecular flexibility index (Phi) is 10.1. The Balaban J connectivity index is 1.51.